The van der Waals surface area contributed by atoms with E-state index in [0.717, 1.165) is 4.79 Å². The van der Waals surface area contributed by atoms with E-state index in [-0.39, 0.29) is 11.6 Å². The van der Waals surface area contributed by atoms with Crippen molar-refractivity contribution in [2.75, 3.05) is 12.8 Å². The maximum absolute atomic E-state index is 11.2. The largest absolute Gasteiger partial charge is 0.497 e. The van der Waals surface area contributed by atoms with Crippen LogP contribution >= 0.6 is 0 Å². The Bertz CT molecular complexity index is 915. The number of furan rings is 1. The van der Waals surface area contributed by atoms with E-state index < -0.39 is 4.92 Å². The van der Waals surface area contributed by atoms with Crippen molar-refractivity contribution in [3.63, 3.8) is 0 Å². The number of nitro groups is 1. The number of nitrogen functional groups attached to an aromatic ring is 1. The van der Waals surface area contributed by atoms with Crippen molar-refractivity contribution in [2.45, 2.75) is 0 Å². The summed E-state index contributed by atoms with van der Waals surface area (Å²) in [7, 11) is 1.44. The number of tetrazole rings is 1. The topological polar surface area (TPSA) is 147 Å². The van der Waals surface area contributed by atoms with E-state index in [0.29, 0.717) is 22.8 Å². The van der Waals surface area contributed by atoms with Crippen LogP contribution in [0.5, 0.6) is 5.75 Å². The van der Waals surface area contributed by atoms with Gasteiger partial charge in [0.1, 0.15) is 17.3 Å². The molecule has 0 aliphatic rings. The van der Waals surface area contributed by atoms with Gasteiger partial charge in [-0.3, -0.25) is 10.1 Å². The fourth-order valence-corrected chi connectivity index (χ4v) is 1.95. The minimum Gasteiger partial charge on any atom is -0.497 e. The standard InChI is InChI=1S/C13H11N7O4/c1-23-8-2-4-10(11(6-8)20(21)22)12-5-3-9(24-12)7-15-19-13(14)16-17-18-19/h2-7H,1H3,(H2,14,16,18)/b15-7-. The van der Waals surface area contributed by atoms with Crippen molar-refractivity contribution in [1.82, 2.24) is 20.3 Å². The molecule has 0 fully saturated rings. The third-order valence-corrected chi connectivity index (χ3v) is 3.06. The lowest BCUT2D eigenvalue weighted by Gasteiger charge is -2.03. The van der Waals surface area contributed by atoms with Gasteiger partial charge < -0.3 is 14.9 Å². The Morgan fingerprint density at radius 2 is 2.25 bits per heavy atom. The zero-order valence-electron chi connectivity index (χ0n) is 12.4. The number of benzene rings is 1. The highest BCUT2D eigenvalue weighted by atomic mass is 16.6. The van der Waals surface area contributed by atoms with Gasteiger partial charge in [-0.05, 0) is 34.7 Å². The normalized spacial score (nSPS) is 11.0. The lowest BCUT2D eigenvalue weighted by Crippen LogP contribution is -1.99. The molecule has 0 atom stereocenters. The summed E-state index contributed by atoms with van der Waals surface area (Å²) >= 11 is 0. The summed E-state index contributed by atoms with van der Waals surface area (Å²) < 4.78 is 10.6. The quantitative estimate of drug-likeness (QED) is 0.418. The Hall–Kier alpha value is -3.76. The van der Waals surface area contributed by atoms with E-state index in [1.807, 2.05) is 0 Å². The van der Waals surface area contributed by atoms with E-state index in [4.69, 9.17) is 14.9 Å². The number of rotatable bonds is 5. The van der Waals surface area contributed by atoms with Crippen LogP contribution in [0.3, 0.4) is 0 Å². The molecule has 2 N–H and O–H groups in total. The first-order valence-electron chi connectivity index (χ1n) is 6.59. The minimum absolute atomic E-state index is 0.0174. The Kier molecular flexibility index (Phi) is 3.89. The number of hydrogen-bond acceptors (Lipinski definition) is 9. The van der Waals surface area contributed by atoms with Crippen molar-refractivity contribution in [1.29, 1.82) is 0 Å². The molecule has 0 bridgehead atoms. The third kappa shape index (κ3) is 2.90. The second-order valence-corrected chi connectivity index (χ2v) is 4.51. The summed E-state index contributed by atoms with van der Waals surface area (Å²) in [5, 5.41) is 25.5. The molecular weight excluding hydrogens is 318 g/mol. The molecule has 3 rings (SSSR count). The van der Waals surface area contributed by atoms with Gasteiger partial charge >= 0.3 is 0 Å². The van der Waals surface area contributed by atoms with Gasteiger partial charge in [-0.25, -0.2) is 0 Å². The van der Waals surface area contributed by atoms with Crippen LogP contribution in [0.1, 0.15) is 5.76 Å². The molecule has 122 valence electrons. The SMILES string of the molecule is COc1ccc(-c2ccc(/C=N\n3nnnc3N)o2)c([N+](=O)[O-])c1. The number of nitro benzene ring substituents is 1. The lowest BCUT2D eigenvalue weighted by atomic mass is 10.1. The van der Waals surface area contributed by atoms with Crippen molar-refractivity contribution in [2.24, 2.45) is 5.10 Å². The third-order valence-electron chi connectivity index (χ3n) is 3.06. The molecule has 2 aromatic heterocycles. The highest BCUT2D eigenvalue weighted by molar-refractivity contribution is 5.79. The molecule has 0 radical (unpaired) electrons. The van der Waals surface area contributed by atoms with Crippen LogP contribution < -0.4 is 10.5 Å². The van der Waals surface area contributed by atoms with E-state index in [9.17, 15) is 10.1 Å². The maximum Gasteiger partial charge on any atom is 0.284 e. The van der Waals surface area contributed by atoms with Gasteiger partial charge in [0.05, 0.1) is 29.9 Å². The van der Waals surface area contributed by atoms with Crippen LogP contribution in [0.2, 0.25) is 0 Å². The summed E-state index contributed by atoms with van der Waals surface area (Å²) in [4.78, 5) is 11.7. The average Bonchev–Trinajstić information content (AvgIpc) is 3.21. The summed E-state index contributed by atoms with van der Waals surface area (Å²) in [5.74, 6) is 1.07. The van der Waals surface area contributed by atoms with Crippen LogP contribution in [0, 0.1) is 10.1 Å². The van der Waals surface area contributed by atoms with Crippen LogP contribution in [0.4, 0.5) is 11.6 Å². The Morgan fingerprint density at radius 3 is 2.92 bits per heavy atom. The highest BCUT2D eigenvalue weighted by Gasteiger charge is 2.19. The number of nitrogens with two attached hydrogens (primary N) is 1. The zero-order chi connectivity index (χ0) is 17.1. The molecule has 0 amide bonds. The van der Waals surface area contributed by atoms with Gasteiger partial charge in [0.15, 0.2) is 0 Å². The molecule has 11 nitrogen and oxygen atoms in total. The van der Waals surface area contributed by atoms with Crippen LogP contribution in [-0.4, -0.2) is 38.6 Å². The fraction of sp³-hybridized carbons (Fsp3) is 0.0769. The summed E-state index contributed by atoms with van der Waals surface area (Å²) in [6.07, 6.45) is 1.34. The molecule has 1 aromatic carbocycles. The Morgan fingerprint density at radius 1 is 1.42 bits per heavy atom. The van der Waals surface area contributed by atoms with Crippen molar-refractivity contribution in [3.8, 4) is 17.1 Å². The molecule has 0 spiro atoms. The number of anilines is 1. The molecular formula is C13H11N7O4. The molecule has 0 unspecified atom stereocenters. The van der Waals surface area contributed by atoms with Gasteiger partial charge in [0, 0.05) is 0 Å². The first-order valence-corrected chi connectivity index (χ1v) is 6.59. The number of aromatic nitrogens is 4. The van der Waals surface area contributed by atoms with Gasteiger partial charge in [0.25, 0.3) is 11.6 Å². The number of hydrogen-bond donors (Lipinski definition) is 1. The lowest BCUT2D eigenvalue weighted by molar-refractivity contribution is -0.384. The number of nitrogens with zero attached hydrogens (tertiary/aromatic N) is 6. The second-order valence-electron chi connectivity index (χ2n) is 4.51. The van der Waals surface area contributed by atoms with Gasteiger partial charge in [-0.15, -0.1) is 0 Å². The number of methoxy groups -OCH3 is 1. The zero-order valence-corrected chi connectivity index (χ0v) is 12.4. The van der Waals surface area contributed by atoms with E-state index >= 15 is 0 Å². The Balaban J connectivity index is 1.92. The molecule has 0 saturated carbocycles. The Labute approximate surface area is 134 Å². The predicted molar refractivity (Wildman–Crippen MR) is 82.6 cm³/mol. The first-order chi connectivity index (χ1) is 11.6. The summed E-state index contributed by atoms with van der Waals surface area (Å²) in [5.41, 5.74) is 5.67. The monoisotopic (exact) mass is 329 g/mol. The molecule has 3 aromatic rings. The van der Waals surface area contributed by atoms with Gasteiger partial charge in [-0.2, -0.15) is 5.10 Å². The van der Waals surface area contributed by atoms with Crippen LogP contribution in [0.25, 0.3) is 11.3 Å². The first kappa shape index (κ1) is 15.1. The average molecular weight is 329 g/mol. The molecule has 24 heavy (non-hydrogen) atoms. The van der Waals surface area contributed by atoms with Gasteiger partial charge in [-0.1, -0.05) is 9.89 Å². The smallest absolute Gasteiger partial charge is 0.284 e. The van der Waals surface area contributed by atoms with Gasteiger partial charge in [0.2, 0.25) is 0 Å². The summed E-state index contributed by atoms with van der Waals surface area (Å²) in [6.45, 7) is 0. The minimum atomic E-state index is -0.504. The molecule has 2 heterocycles. The van der Waals surface area contributed by atoms with Crippen molar-refractivity contribution < 1.29 is 14.1 Å². The second kappa shape index (κ2) is 6.16. The number of ether oxygens (including phenoxy) is 1. The van der Waals surface area contributed by atoms with E-state index in [1.165, 1.54) is 19.4 Å². The van der Waals surface area contributed by atoms with Crippen molar-refractivity contribution in [3.05, 3.63) is 46.2 Å². The maximum atomic E-state index is 11.2. The van der Waals surface area contributed by atoms with Crippen LogP contribution in [0.15, 0.2) is 39.9 Å². The fourth-order valence-electron chi connectivity index (χ4n) is 1.95. The van der Waals surface area contributed by atoms with Crippen LogP contribution in [-0.2, 0) is 0 Å². The highest BCUT2D eigenvalue weighted by Crippen LogP contribution is 2.33. The molecule has 11 heteroatoms. The van der Waals surface area contributed by atoms with E-state index in [1.54, 1.807) is 24.3 Å². The predicted octanol–water partition coefficient (Wildman–Crippen LogP) is 1.31. The molecule has 0 aliphatic carbocycles. The van der Waals surface area contributed by atoms with Crippen molar-refractivity contribution >= 4 is 17.9 Å². The summed E-state index contributed by atoms with van der Waals surface area (Å²) in [6, 6.07) is 7.69. The van der Waals surface area contributed by atoms with E-state index in [2.05, 4.69) is 20.6 Å². The molecule has 0 aliphatic heterocycles. The molecule has 0 saturated heterocycles.